The Balaban J connectivity index is 1.13. The lowest BCUT2D eigenvalue weighted by Crippen LogP contribution is -2.30. The number of nitrogens with zero attached hydrogens (tertiary/aromatic N) is 1. The second-order valence-corrected chi connectivity index (χ2v) is 18.4. The van der Waals surface area contributed by atoms with Crippen LogP contribution in [0, 0.1) is 17.5 Å². The molecule has 0 amide bonds. The Morgan fingerprint density at radius 3 is 1.53 bits per heavy atom. The maximum Gasteiger partial charge on any atom is 0.123 e. The van der Waals surface area contributed by atoms with E-state index in [9.17, 15) is 4.39 Å². The molecule has 4 heteroatoms. The van der Waals surface area contributed by atoms with Gasteiger partial charge in [-0.15, -0.1) is 0 Å². The highest BCUT2D eigenvalue weighted by atomic mass is 19.1. The van der Waals surface area contributed by atoms with Gasteiger partial charge in [0.05, 0.1) is 10.8 Å². The van der Waals surface area contributed by atoms with Gasteiger partial charge in [0.15, 0.2) is 0 Å². The molecule has 0 aliphatic heterocycles. The topological polar surface area (TPSA) is 3.24 Å². The largest absolute Gasteiger partial charge is 0.310 e. The molecule has 3 aliphatic carbocycles. The maximum absolute atomic E-state index is 15.7. The molecular weight excluding hydrogens is 864 g/mol. The van der Waals surface area contributed by atoms with E-state index in [1.54, 1.807) is 30.3 Å². The van der Waals surface area contributed by atoms with Crippen molar-refractivity contribution in [3.8, 4) is 22.3 Å². The molecule has 0 fully saturated rings. The molecule has 70 heavy (non-hydrogen) atoms. The Bertz CT molecular complexity index is 3600. The molecule has 9 aromatic carbocycles. The summed E-state index contributed by atoms with van der Waals surface area (Å²) in [5, 5.41) is 0. The fraction of sp³-hybridized carbons (Fsp3) is 0.0606. The number of hydrogen-bond donors (Lipinski definition) is 0. The summed E-state index contributed by atoms with van der Waals surface area (Å²) < 4.78 is 45.6. The van der Waals surface area contributed by atoms with Gasteiger partial charge in [-0.05, 0) is 175 Å². The van der Waals surface area contributed by atoms with Crippen molar-refractivity contribution in [3.63, 3.8) is 0 Å². The average Bonchev–Trinajstić information content (AvgIpc) is 3.87. The van der Waals surface area contributed by atoms with Crippen LogP contribution in [0.1, 0.15) is 68.5 Å². The minimum absolute atomic E-state index is 0.287. The van der Waals surface area contributed by atoms with Gasteiger partial charge >= 0.3 is 0 Å². The highest BCUT2D eigenvalue weighted by molar-refractivity contribution is 5.94. The number of hydrogen-bond acceptors (Lipinski definition) is 1. The molecule has 0 bridgehead atoms. The second-order valence-electron chi connectivity index (χ2n) is 18.4. The maximum atomic E-state index is 15.7. The van der Waals surface area contributed by atoms with Crippen LogP contribution in [0.15, 0.2) is 237 Å². The predicted octanol–water partition coefficient (Wildman–Crippen LogP) is 17.3. The molecule has 0 spiro atoms. The SMILES string of the molecule is C=Cc1ccc(C2(c3cccc(F)c3)C3=C(C=CCC3)c3ccc(N(c4ccc(-c5ccc(F)cc5)cc4)c4ccc5c(c4)C(c4ccc(C=C)cc4)(c4cccc(F)c4)c4ccccc4-5)cc32)cc1. The first-order valence-corrected chi connectivity index (χ1v) is 23.7. The van der Waals surface area contributed by atoms with Crippen LogP contribution >= 0.6 is 0 Å². The number of benzene rings is 9. The highest BCUT2D eigenvalue weighted by Crippen LogP contribution is 2.60. The van der Waals surface area contributed by atoms with Crippen molar-refractivity contribution in [2.45, 2.75) is 23.7 Å². The minimum atomic E-state index is -0.890. The number of allylic oxidation sites excluding steroid dienone is 4. The molecule has 336 valence electrons. The van der Waals surface area contributed by atoms with E-state index in [0.29, 0.717) is 0 Å². The van der Waals surface area contributed by atoms with Crippen LogP contribution in [0.2, 0.25) is 0 Å². The summed E-state index contributed by atoms with van der Waals surface area (Å²) >= 11 is 0. The highest BCUT2D eigenvalue weighted by Gasteiger charge is 2.49. The van der Waals surface area contributed by atoms with Crippen molar-refractivity contribution in [1.82, 2.24) is 0 Å². The molecule has 1 nitrogen and oxygen atoms in total. The van der Waals surface area contributed by atoms with Gasteiger partial charge in [-0.3, -0.25) is 0 Å². The van der Waals surface area contributed by atoms with Crippen molar-refractivity contribution >= 4 is 34.8 Å². The van der Waals surface area contributed by atoms with Crippen molar-refractivity contribution in [2.75, 3.05) is 4.90 Å². The molecule has 0 N–H and O–H groups in total. The first-order valence-electron chi connectivity index (χ1n) is 23.7. The smallest absolute Gasteiger partial charge is 0.123 e. The van der Waals surface area contributed by atoms with Crippen LogP contribution in [0.25, 0.3) is 40.0 Å². The lowest BCUT2D eigenvalue weighted by molar-refractivity contribution is 0.616. The van der Waals surface area contributed by atoms with Crippen LogP contribution in [0.4, 0.5) is 30.2 Å². The normalized spacial score (nSPS) is 17.4. The number of fused-ring (bicyclic) bond motifs is 5. The third-order valence-electron chi connectivity index (χ3n) is 14.8. The Morgan fingerprint density at radius 2 is 0.929 bits per heavy atom. The van der Waals surface area contributed by atoms with Gasteiger partial charge in [-0.2, -0.15) is 0 Å². The minimum Gasteiger partial charge on any atom is -0.310 e. The Kier molecular flexibility index (Phi) is 10.4. The van der Waals surface area contributed by atoms with E-state index in [0.717, 1.165) is 113 Å². The summed E-state index contributed by atoms with van der Waals surface area (Å²) in [5.74, 6) is -0.888. The Morgan fingerprint density at radius 1 is 0.414 bits per heavy atom. The molecule has 0 radical (unpaired) electrons. The number of anilines is 3. The zero-order valence-electron chi connectivity index (χ0n) is 38.3. The van der Waals surface area contributed by atoms with E-state index in [4.69, 9.17) is 0 Å². The zero-order valence-corrected chi connectivity index (χ0v) is 38.3. The van der Waals surface area contributed by atoms with Crippen molar-refractivity contribution in [2.24, 2.45) is 0 Å². The van der Waals surface area contributed by atoms with Crippen molar-refractivity contribution < 1.29 is 13.2 Å². The molecular formula is C66H46F3N. The molecule has 3 aliphatic rings. The molecule has 0 saturated heterocycles. The summed E-state index contributed by atoms with van der Waals surface area (Å²) in [5.41, 5.74) is 17.4. The van der Waals surface area contributed by atoms with E-state index in [-0.39, 0.29) is 17.5 Å². The summed E-state index contributed by atoms with van der Waals surface area (Å²) in [7, 11) is 0. The van der Waals surface area contributed by atoms with Crippen LogP contribution in [0.5, 0.6) is 0 Å². The molecule has 0 heterocycles. The van der Waals surface area contributed by atoms with E-state index < -0.39 is 10.8 Å². The second kappa shape index (κ2) is 16.9. The number of rotatable bonds is 10. The van der Waals surface area contributed by atoms with Gasteiger partial charge in [-0.25, -0.2) is 13.2 Å². The Hall–Kier alpha value is -8.47. The van der Waals surface area contributed by atoms with Gasteiger partial charge in [0.2, 0.25) is 0 Å². The molecule has 12 rings (SSSR count). The summed E-state index contributed by atoms with van der Waals surface area (Å²) in [4.78, 5) is 2.29. The lowest BCUT2D eigenvalue weighted by atomic mass is 9.65. The standard InChI is InChI=1S/C66H46F3N/c1-3-43-19-27-47(28-20-43)65(49-11-9-13-52(68)39-49)61-17-7-5-15-57(61)59-37-35-55(41-63(59)65)70(54-33-25-46(26-34-54)45-23-31-51(67)32-24-45)56-36-38-60-58-16-6-8-18-62(58)66(64(60)42-56,50-12-10-14-53(69)40-50)48-29-21-44(4-2)22-30-48/h3-7,9-17,19-42H,1-2,8,18H2. The molecule has 0 aromatic heterocycles. The van der Waals surface area contributed by atoms with E-state index in [1.807, 2.05) is 24.3 Å². The van der Waals surface area contributed by atoms with Crippen molar-refractivity contribution in [1.29, 1.82) is 0 Å². The molecule has 2 unspecified atom stereocenters. The monoisotopic (exact) mass is 909 g/mol. The van der Waals surface area contributed by atoms with E-state index in [2.05, 4.69) is 170 Å². The Labute approximate surface area is 407 Å². The quantitative estimate of drug-likeness (QED) is 0.132. The van der Waals surface area contributed by atoms with E-state index in [1.165, 1.54) is 29.8 Å². The van der Waals surface area contributed by atoms with Gasteiger partial charge in [-0.1, -0.05) is 171 Å². The van der Waals surface area contributed by atoms with Gasteiger partial charge in [0, 0.05) is 17.1 Å². The predicted molar refractivity (Wildman–Crippen MR) is 282 cm³/mol. The van der Waals surface area contributed by atoms with Crippen LogP contribution in [-0.4, -0.2) is 0 Å². The summed E-state index contributed by atoms with van der Waals surface area (Å²) in [6, 6.07) is 67.9. The first kappa shape index (κ1) is 42.9. The van der Waals surface area contributed by atoms with Crippen LogP contribution < -0.4 is 4.90 Å². The summed E-state index contributed by atoms with van der Waals surface area (Å²) in [6.45, 7) is 8.07. The van der Waals surface area contributed by atoms with E-state index >= 15 is 8.78 Å². The van der Waals surface area contributed by atoms with Crippen LogP contribution in [0.3, 0.4) is 0 Å². The molecule has 9 aromatic rings. The van der Waals surface area contributed by atoms with Gasteiger partial charge in [0.1, 0.15) is 17.5 Å². The first-order chi connectivity index (χ1) is 34.3. The van der Waals surface area contributed by atoms with Gasteiger partial charge < -0.3 is 4.90 Å². The third kappa shape index (κ3) is 6.62. The molecule has 0 saturated carbocycles. The van der Waals surface area contributed by atoms with Crippen LogP contribution in [-0.2, 0) is 10.8 Å². The summed E-state index contributed by atoms with van der Waals surface area (Å²) in [6.07, 6.45) is 9.85. The number of halogens is 3. The molecule has 2 atom stereocenters. The fourth-order valence-electron chi connectivity index (χ4n) is 11.8. The van der Waals surface area contributed by atoms with Gasteiger partial charge in [0.25, 0.3) is 0 Å². The lowest BCUT2D eigenvalue weighted by Gasteiger charge is -2.37. The third-order valence-corrected chi connectivity index (χ3v) is 14.8. The van der Waals surface area contributed by atoms with Crippen molar-refractivity contribution in [3.05, 3.63) is 310 Å². The average molecular weight is 910 g/mol. The fourth-order valence-corrected chi connectivity index (χ4v) is 11.8. The zero-order chi connectivity index (χ0) is 47.6.